The highest BCUT2D eigenvalue weighted by atomic mass is 127. The summed E-state index contributed by atoms with van der Waals surface area (Å²) in [5, 5.41) is 4.20. The van der Waals surface area contributed by atoms with Crippen LogP contribution >= 0.6 is 22.6 Å². The average molecular weight is 1190 g/mol. The van der Waals surface area contributed by atoms with Gasteiger partial charge in [-0.05, 0) is 71.8 Å². The molecule has 1 N–H and O–H groups in total. The van der Waals surface area contributed by atoms with Crippen molar-refractivity contribution >= 4 is 56.7 Å². The fourth-order valence-electron chi connectivity index (χ4n) is 4.62. The number of carbonyl (C=O) groups excluding carboxylic acids is 4. The van der Waals surface area contributed by atoms with Crippen molar-refractivity contribution in [3.63, 3.8) is 0 Å². The first-order valence-corrected chi connectivity index (χ1v) is 22.1. The van der Waals surface area contributed by atoms with E-state index in [1.54, 1.807) is 12.1 Å². The van der Waals surface area contributed by atoms with Crippen molar-refractivity contribution in [1.82, 2.24) is 0 Å². The summed E-state index contributed by atoms with van der Waals surface area (Å²) in [4.78, 5) is 43.8. The monoisotopic (exact) mass is 1190 g/mol. The van der Waals surface area contributed by atoms with Crippen LogP contribution in [-0.4, -0.2) is 133 Å². The number of aromatic hydroxyl groups is 1. The zero-order valence-corrected chi connectivity index (χ0v) is 43.2. The lowest BCUT2D eigenvalue weighted by molar-refractivity contribution is -0.158. The van der Waals surface area contributed by atoms with Crippen molar-refractivity contribution < 1.29 is 129 Å². The molecule has 0 saturated carbocycles. The zero-order chi connectivity index (χ0) is 56.2. The fraction of sp³-hybridized carbons (Fsp3) is 0.476. The molecular weight excluding hydrogens is 1140 g/mol. The van der Waals surface area contributed by atoms with Crippen LogP contribution in [0.15, 0.2) is 36.4 Å². The van der Waals surface area contributed by atoms with E-state index in [2.05, 4.69) is 51.0 Å². The van der Waals surface area contributed by atoms with Crippen LogP contribution in [-0.2, 0) is 60.5 Å². The van der Waals surface area contributed by atoms with Gasteiger partial charge in [0.15, 0.2) is 48.1 Å². The molecule has 3 aromatic rings. The van der Waals surface area contributed by atoms with Gasteiger partial charge in [-0.25, -0.2) is 19.2 Å². The molecular formula is C42H52F9IO19S. The van der Waals surface area contributed by atoms with Gasteiger partial charge in [0.2, 0.25) is 0 Å². The summed E-state index contributed by atoms with van der Waals surface area (Å²) in [5.41, 5.74) is -2.72. The normalized spacial score (nSPS) is 11.7. The third kappa shape index (κ3) is 21.9. The Balaban J connectivity index is 0. The molecule has 0 spiro atoms. The van der Waals surface area contributed by atoms with Crippen molar-refractivity contribution in [3.05, 3.63) is 67.8 Å². The van der Waals surface area contributed by atoms with E-state index in [0.717, 1.165) is 57.4 Å². The molecule has 1 aliphatic heterocycles. The smallest absolute Gasteiger partial charge is 0.470 e. The lowest BCUT2D eigenvalue weighted by Crippen LogP contribution is -2.36. The lowest BCUT2D eigenvalue weighted by atomic mass is 10.1. The lowest BCUT2D eigenvalue weighted by Gasteiger charge is -2.17. The van der Waals surface area contributed by atoms with Gasteiger partial charge in [-0.15, -0.1) is 0 Å². The van der Waals surface area contributed by atoms with E-state index in [9.17, 15) is 71.7 Å². The minimum absolute atomic E-state index is 0.115. The maximum atomic E-state index is 13.0. The van der Waals surface area contributed by atoms with Gasteiger partial charge < -0.3 is 61.9 Å². The Labute approximate surface area is 421 Å². The number of esters is 4. The molecule has 30 heteroatoms. The molecule has 410 valence electrons. The number of carbonyl (C=O) groups is 4. The van der Waals surface area contributed by atoms with Crippen molar-refractivity contribution in [2.75, 3.05) is 90.8 Å². The molecule has 72 heavy (non-hydrogen) atoms. The van der Waals surface area contributed by atoms with Gasteiger partial charge in [0.25, 0.3) is 0 Å². The molecule has 0 atom stereocenters. The summed E-state index contributed by atoms with van der Waals surface area (Å²) in [6.45, 7) is 5.72. The quantitative estimate of drug-likeness (QED) is 0.0397. The number of alkyl halides is 8. The number of methoxy groups -OCH3 is 9. The van der Waals surface area contributed by atoms with Crippen LogP contribution in [0.3, 0.4) is 0 Å². The van der Waals surface area contributed by atoms with Crippen LogP contribution in [0.2, 0.25) is 0 Å². The maximum Gasteiger partial charge on any atom is 0.470 e. The average Bonchev–Trinajstić information content (AvgIpc) is 3.95. The molecule has 0 radical (unpaired) electrons. The number of phenols is 1. The van der Waals surface area contributed by atoms with Crippen molar-refractivity contribution in [2.24, 2.45) is 0 Å². The van der Waals surface area contributed by atoms with Crippen LogP contribution in [0.1, 0.15) is 68.9 Å². The van der Waals surface area contributed by atoms with Crippen LogP contribution in [0.5, 0.6) is 34.5 Å². The van der Waals surface area contributed by atoms with Crippen LogP contribution in [0.25, 0.3) is 0 Å². The Morgan fingerprint density at radius 1 is 0.583 bits per heavy atom. The molecule has 3 aromatic carbocycles. The Morgan fingerprint density at radius 2 is 0.944 bits per heavy atom. The van der Waals surface area contributed by atoms with Crippen molar-refractivity contribution in [3.8, 4) is 34.5 Å². The van der Waals surface area contributed by atoms with E-state index in [0.29, 0.717) is 36.3 Å². The first-order chi connectivity index (χ1) is 33.5. The molecule has 1 fully saturated rings. The Morgan fingerprint density at radius 3 is 1.25 bits per heavy atom. The predicted octanol–water partition coefficient (Wildman–Crippen LogP) is 8.63. The van der Waals surface area contributed by atoms with Crippen molar-refractivity contribution in [2.45, 2.75) is 44.3 Å². The largest absolute Gasteiger partial charge is 0.504 e. The number of benzene rings is 3. The third-order valence-electron chi connectivity index (χ3n) is 7.87. The predicted molar refractivity (Wildman–Crippen MR) is 241 cm³/mol. The Bertz CT molecular complexity index is 2290. The highest BCUT2D eigenvalue weighted by Crippen LogP contribution is 2.44. The van der Waals surface area contributed by atoms with E-state index in [4.69, 9.17) is 28.4 Å². The van der Waals surface area contributed by atoms with E-state index in [1.165, 1.54) is 41.3 Å². The van der Waals surface area contributed by atoms with Crippen LogP contribution in [0, 0.1) is 3.57 Å². The van der Waals surface area contributed by atoms with Gasteiger partial charge >= 0.3 is 51.7 Å². The maximum absolute atomic E-state index is 13.0. The summed E-state index contributed by atoms with van der Waals surface area (Å²) in [6.07, 6.45) is -6.96. The highest BCUT2D eigenvalue weighted by molar-refractivity contribution is 14.1. The second-order valence-corrected chi connectivity index (χ2v) is 15.0. The van der Waals surface area contributed by atoms with Gasteiger partial charge in [0, 0.05) is 27.4 Å². The minimum Gasteiger partial charge on any atom is -0.504 e. The number of rotatable bonds is 14. The van der Waals surface area contributed by atoms with E-state index in [1.807, 2.05) is 13.8 Å². The summed E-state index contributed by atoms with van der Waals surface area (Å²) in [5.74, 6) is -6.00. The molecule has 19 nitrogen and oxygen atoms in total. The first-order valence-electron chi connectivity index (χ1n) is 19.6. The topological polar surface area (TPSA) is 233 Å². The highest BCUT2D eigenvalue weighted by Gasteiger charge is 2.55. The molecule has 4 rings (SSSR count). The molecule has 1 saturated heterocycles. The van der Waals surface area contributed by atoms with E-state index < -0.39 is 86.9 Å². The number of phenolic OH excluding ortho intramolecular Hbond substituents is 1. The van der Waals surface area contributed by atoms with Gasteiger partial charge in [-0.2, -0.15) is 43.5 Å². The molecule has 1 aliphatic rings. The van der Waals surface area contributed by atoms with Crippen LogP contribution < -0.4 is 23.7 Å². The van der Waals surface area contributed by atoms with E-state index >= 15 is 0 Å². The Hall–Kier alpha value is -5.73. The number of hydrogen-bond donors (Lipinski definition) is 1. The Kier molecular flexibility index (Phi) is 31.4. The van der Waals surface area contributed by atoms with Crippen LogP contribution in [0.4, 0.5) is 39.0 Å². The molecule has 0 aliphatic carbocycles. The number of ether oxygens (including phenoxy) is 12. The number of hydrogen-bond acceptors (Lipinski definition) is 19. The number of halogens is 10. The zero-order valence-electron chi connectivity index (χ0n) is 40.2. The van der Waals surface area contributed by atoms with Gasteiger partial charge in [0.05, 0.1) is 70.0 Å². The van der Waals surface area contributed by atoms with Gasteiger partial charge in [-0.1, -0.05) is 17.7 Å². The summed E-state index contributed by atoms with van der Waals surface area (Å²) >= 11 is 2.06. The first kappa shape index (κ1) is 68.3. The molecule has 0 amide bonds. The third-order valence-corrected chi connectivity index (χ3v) is 9.45. The van der Waals surface area contributed by atoms with Gasteiger partial charge in [0.1, 0.15) is 11.1 Å². The second kappa shape index (κ2) is 33.1. The summed E-state index contributed by atoms with van der Waals surface area (Å²) in [7, 11) is 4.27. The van der Waals surface area contributed by atoms with Crippen molar-refractivity contribution in [1.29, 1.82) is 0 Å². The van der Waals surface area contributed by atoms with E-state index in [-0.39, 0.29) is 23.7 Å². The molecule has 0 unspecified atom stereocenters. The second-order valence-electron chi connectivity index (χ2n) is 12.5. The molecule has 1 heterocycles. The summed E-state index contributed by atoms with van der Waals surface area (Å²) in [6, 6.07) is 6.45. The molecule has 0 aromatic heterocycles. The fourth-order valence-corrected chi connectivity index (χ4v) is 5.66. The minimum atomic E-state index is -6.22. The standard InChI is InChI=1S/C12H13F3O5.C11H13IO5.C10H9F3O4.C4H8O.C3H3F3O4S.C2H6/c1-17-6-20-10-8(12(13,14)15)4-7(11(16)19-3)5-9(10)18-2;1-14-6-17-10-8(12)4-7(11(13)16-3)5-9(10)15-2;1-16-7-4-5(9(15)17-2)3-6(8(7)14)10(11,12)13;1-2-4-5-3-1;1-10-2(7)3(4,5)11(6,8)9;1-2/h4-5H,6H2,1-3H3;4-5H,6H2,1-3H3;3-4,14H,1-2H3;1-4H2;1H3;1-2H3. The van der Waals surface area contributed by atoms with Gasteiger partial charge in [-0.3, -0.25) is 0 Å². The summed E-state index contributed by atoms with van der Waals surface area (Å²) < 4.78 is 188. The SMILES string of the molecule is C1CCOC1.CC.COC(=O)C(F)(F)S(=O)(=O)F.COC(=O)c1cc(OC)c(O)c(C(F)(F)F)c1.COCOc1c(I)cc(C(=O)OC)cc1OC.COCOc1c(OC)cc(C(=O)OC)cc1C(F)(F)F. The molecule has 0 bridgehead atoms.